The number of rotatable bonds is 3. The lowest BCUT2D eigenvalue weighted by atomic mass is 10.0. The van der Waals surface area contributed by atoms with E-state index in [9.17, 15) is 9.18 Å². The van der Waals surface area contributed by atoms with Crippen LogP contribution in [0.25, 0.3) is 11.1 Å². The molecule has 0 spiro atoms. The number of aryl methyl sites for hydroxylation is 1. The fraction of sp³-hybridized carbons (Fsp3) is 0.231. The summed E-state index contributed by atoms with van der Waals surface area (Å²) >= 11 is 0. The number of nitrogen functional groups attached to an aromatic ring is 1. The van der Waals surface area contributed by atoms with Crippen LogP contribution in [0.15, 0.2) is 18.2 Å². The third-order valence-corrected chi connectivity index (χ3v) is 2.91. The van der Waals surface area contributed by atoms with Crippen molar-refractivity contribution in [2.75, 3.05) is 20.0 Å². The lowest BCUT2D eigenvalue weighted by molar-refractivity contribution is 0.0594. The summed E-state index contributed by atoms with van der Waals surface area (Å²) in [5.74, 6) is -0.835. The van der Waals surface area contributed by atoms with Crippen molar-refractivity contribution in [3.63, 3.8) is 0 Å². The molecule has 0 saturated heterocycles. The van der Waals surface area contributed by atoms with Gasteiger partial charge in [0.15, 0.2) is 17.3 Å². The van der Waals surface area contributed by atoms with Crippen molar-refractivity contribution in [2.45, 2.75) is 0 Å². The number of benzene rings is 1. The van der Waals surface area contributed by atoms with Gasteiger partial charge in [0, 0.05) is 7.05 Å². The molecule has 0 radical (unpaired) electrons. The maximum absolute atomic E-state index is 13.8. The minimum absolute atomic E-state index is 0.0390. The van der Waals surface area contributed by atoms with Gasteiger partial charge in [-0.3, -0.25) is 4.68 Å². The summed E-state index contributed by atoms with van der Waals surface area (Å²) < 4.78 is 24.6. The van der Waals surface area contributed by atoms with E-state index < -0.39 is 11.8 Å². The van der Waals surface area contributed by atoms with Crippen LogP contribution in [0, 0.1) is 5.82 Å². The largest absolute Gasteiger partial charge is 0.494 e. The van der Waals surface area contributed by atoms with E-state index in [-0.39, 0.29) is 17.3 Å². The molecule has 0 aliphatic carbocycles. The summed E-state index contributed by atoms with van der Waals surface area (Å²) in [4.78, 5) is 11.7. The van der Waals surface area contributed by atoms with Crippen LogP contribution >= 0.6 is 0 Å². The number of carbonyl (C=O) groups excluding carboxylic acids is 1. The van der Waals surface area contributed by atoms with Crippen molar-refractivity contribution in [3.8, 4) is 16.9 Å². The lowest BCUT2D eigenvalue weighted by Crippen LogP contribution is -2.04. The standard InChI is InChI=1S/C13H14FN3O3/c1-17-12(15)10(11(16-17)13(18)20-3)7-4-5-9(19-2)8(14)6-7/h4-6H,15H2,1-3H3. The molecule has 1 aromatic heterocycles. The van der Waals surface area contributed by atoms with E-state index in [1.165, 1.54) is 31.0 Å². The van der Waals surface area contributed by atoms with E-state index in [2.05, 4.69) is 9.84 Å². The molecule has 2 rings (SSSR count). The van der Waals surface area contributed by atoms with Crippen molar-refractivity contribution < 1.29 is 18.7 Å². The zero-order valence-corrected chi connectivity index (χ0v) is 11.3. The Morgan fingerprint density at radius 3 is 2.65 bits per heavy atom. The maximum atomic E-state index is 13.8. The molecule has 2 N–H and O–H groups in total. The first kappa shape index (κ1) is 13.9. The number of nitrogens with zero attached hydrogens (tertiary/aromatic N) is 2. The molecule has 0 saturated carbocycles. The monoisotopic (exact) mass is 279 g/mol. The Morgan fingerprint density at radius 1 is 1.40 bits per heavy atom. The van der Waals surface area contributed by atoms with Crippen molar-refractivity contribution in [2.24, 2.45) is 7.05 Å². The highest BCUT2D eigenvalue weighted by molar-refractivity contribution is 5.98. The molecular weight excluding hydrogens is 265 g/mol. The van der Waals surface area contributed by atoms with Crippen LogP contribution in [0.3, 0.4) is 0 Å². The molecule has 6 nitrogen and oxygen atoms in total. The van der Waals surface area contributed by atoms with Crippen LogP contribution in [0.2, 0.25) is 0 Å². The molecule has 0 atom stereocenters. The number of methoxy groups -OCH3 is 2. The van der Waals surface area contributed by atoms with Gasteiger partial charge in [-0.15, -0.1) is 0 Å². The van der Waals surface area contributed by atoms with Gasteiger partial charge in [-0.05, 0) is 17.7 Å². The predicted octanol–water partition coefficient (Wildman–Crippen LogP) is 1.60. The Bertz CT molecular complexity index is 667. The van der Waals surface area contributed by atoms with Crippen LogP contribution in [0.1, 0.15) is 10.5 Å². The Balaban J connectivity index is 2.62. The van der Waals surface area contributed by atoms with Crippen molar-refractivity contribution >= 4 is 11.8 Å². The smallest absolute Gasteiger partial charge is 0.359 e. The second kappa shape index (κ2) is 5.20. The molecule has 20 heavy (non-hydrogen) atoms. The normalized spacial score (nSPS) is 10.4. The minimum Gasteiger partial charge on any atom is -0.494 e. The van der Waals surface area contributed by atoms with Gasteiger partial charge in [0.2, 0.25) is 0 Å². The zero-order valence-electron chi connectivity index (χ0n) is 11.3. The van der Waals surface area contributed by atoms with Crippen LogP contribution < -0.4 is 10.5 Å². The van der Waals surface area contributed by atoms with Crippen LogP contribution in [-0.4, -0.2) is 30.0 Å². The van der Waals surface area contributed by atoms with Gasteiger partial charge in [-0.25, -0.2) is 9.18 Å². The Morgan fingerprint density at radius 2 is 2.10 bits per heavy atom. The number of ether oxygens (including phenoxy) is 2. The van der Waals surface area contributed by atoms with E-state index in [0.717, 1.165) is 0 Å². The molecule has 7 heteroatoms. The van der Waals surface area contributed by atoms with E-state index >= 15 is 0 Å². The van der Waals surface area contributed by atoms with Gasteiger partial charge in [0.25, 0.3) is 0 Å². The van der Waals surface area contributed by atoms with E-state index in [0.29, 0.717) is 11.1 Å². The summed E-state index contributed by atoms with van der Waals surface area (Å²) in [7, 11) is 4.20. The maximum Gasteiger partial charge on any atom is 0.359 e. The Hall–Kier alpha value is -2.57. The number of hydrogen-bond donors (Lipinski definition) is 1. The van der Waals surface area contributed by atoms with Crippen molar-refractivity contribution in [1.29, 1.82) is 0 Å². The minimum atomic E-state index is -0.636. The van der Waals surface area contributed by atoms with Crippen molar-refractivity contribution in [1.82, 2.24) is 9.78 Å². The van der Waals surface area contributed by atoms with E-state index in [4.69, 9.17) is 10.5 Å². The number of anilines is 1. The SMILES string of the molecule is COC(=O)c1nn(C)c(N)c1-c1ccc(OC)c(F)c1. The summed E-state index contributed by atoms with van der Waals surface area (Å²) in [6, 6.07) is 4.29. The topological polar surface area (TPSA) is 79.4 Å². The van der Waals surface area contributed by atoms with Crippen LogP contribution in [0.4, 0.5) is 10.2 Å². The number of aromatic nitrogens is 2. The number of nitrogens with two attached hydrogens (primary N) is 1. The van der Waals surface area contributed by atoms with Gasteiger partial charge < -0.3 is 15.2 Å². The zero-order chi connectivity index (χ0) is 14.9. The second-order valence-electron chi connectivity index (χ2n) is 4.07. The molecule has 1 heterocycles. The first-order valence-electron chi connectivity index (χ1n) is 5.74. The molecule has 0 aliphatic rings. The molecule has 0 aliphatic heterocycles. The lowest BCUT2D eigenvalue weighted by Gasteiger charge is -2.06. The fourth-order valence-corrected chi connectivity index (χ4v) is 1.88. The molecule has 106 valence electrons. The third kappa shape index (κ3) is 2.18. The van der Waals surface area contributed by atoms with Crippen LogP contribution in [-0.2, 0) is 11.8 Å². The predicted molar refractivity (Wildman–Crippen MR) is 70.9 cm³/mol. The molecule has 2 aromatic rings. The Kier molecular flexibility index (Phi) is 3.60. The van der Waals surface area contributed by atoms with Gasteiger partial charge >= 0.3 is 5.97 Å². The fourth-order valence-electron chi connectivity index (χ4n) is 1.88. The summed E-state index contributed by atoms with van der Waals surface area (Å²) in [6.07, 6.45) is 0. The van der Waals surface area contributed by atoms with E-state index in [1.54, 1.807) is 13.1 Å². The van der Waals surface area contributed by atoms with Gasteiger partial charge in [-0.2, -0.15) is 5.10 Å². The highest BCUT2D eigenvalue weighted by Gasteiger charge is 2.23. The highest BCUT2D eigenvalue weighted by Crippen LogP contribution is 2.32. The molecule has 0 amide bonds. The quantitative estimate of drug-likeness (QED) is 0.863. The first-order valence-corrected chi connectivity index (χ1v) is 5.74. The number of esters is 1. The highest BCUT2D eigenvalue weighted by atomic mass is 19.1. The van der Waals surface area contributed by atoms with Gasteiger partial charge in [-0.1, -0.05) is 6.07 Å². The number of hydrogen-bond acceptors (Lipinski definition) is 5. The molecular formula is C13H14FN3O3. The van der Waals surface area contributed by atoms with Crippen molar-refractivity contribution in [3.05, 3.63) is 29.7 Å². The molecule has 0 unspecified atom stereocenters. The second-order valence-corrected chi connectivity index (χ2v) is 4.07. The first-order chi connectivity index (χ1) is 9.49. The van der Waals surface area contributed by atoms with E-state index in [1.807, 2.05) is 0 Å². The molecule has 0 fully saturated rings. The van der Waals surface area contributed by atoms with Crippen LogP contribution in [0.5, 0.6) is 5.75 Å². The average Bonchev–Trinajstić information content (AvgIpc) is 2.74. The third-order valence-electron chi connectivity index (χ3n) is 2.91. The summed E-state index contributed by atoms with van der Waals surface area (Å²) in [5, 5.41) is 3.99. The summed E-state index contributed by atoms with van der Waals surface area (Å²) in [5.41, 5.74) is 6.69. The number of halogens is 1. The van der Waals surface area contributed by atoms with Gasteiger partial charge in [0.1, 0.15) is 5.82 Å². The Labute approximate surface area is 114 Å². The molecule has 0 bridgehead atoms. The average molecular weight is 279 g/mol. The van der Waals surface area contributed by atoms with Gasteiger partial charge in [0.05, 0.1) is 19.8 Å². The number of carbonyl (C=O) groups is 1. The summed E-state index contributed by atoms with van der Waals surface area (Å²) in [6.45, 7) is 0. The molecule has 1 aromatic carbocycles.